The average molecular weight is 287 g/mol. The van der Waals surface area contributed by atoms with Crippen LogP contribution in [0.15, 0.2) is 31.0 Å². The van der Waals surface area contributed by atoms with Crippen molar-refractivity contribution in [3.8, 4) is 0 Å². The number of allylic oxidation sites excluding steroid dienone is 1. The van der Waals surface area contributed by atoms with E-state index in [-0.39, 0.29) is 5.91 Å². The molecule has 0 bridgehead atoms. The molecule has 1 aliphatic rings. The van der Waals surface area contributed by atoms with Crippen LogP contribution in [0.5, 0.6) is 0 Å². The van der Waals surface area contributed by atoms with E-state index in [2.05, 4.69) is 33.9 Å². The number of carbonyl (C=O) groups is 1. The molecule has 2 heterocycles. The Morgan fingerprint density at radius 1 is 1.52 bits per heavy atom. The monoisotopic (exact) mass is 287 g/mol. The second-order valence-corrected chi connectivity index (χ2v) is 5.72. The first-order valence-corrected chi connectivity index (χ1v) is 7.74. The van der Waals surface area contributed by atoms with Gasteiger partial charge in [0.05, 0.1) is 0 Å². The summed E-state index contributed by atoms with van der Waals surface area (Å²) in [6, 6.07) is 4.21. The molecule has 1 aromatic heterocycles. The lowest BCUT2D eigenvalue weighted by Gasteiger charge is -2.33. The van der Waals surface area contributed by atoms with Crippen LogP contribution < -0.4 is 10.2 Å². The van der Waals surface area contributed by atoms with Gasteiger partial charge in [-0.1, -0.05) is 6.08 Å². The molecular weight excluding hydrogens is 262 g/mol. The number of pyridine rings is 1. The second-order valence-electron chi connectivity index (χ2n) is 5.72. The molecule has 21 heavy (non-hydrogen) atoms. The van der Waals surface area contributed by atoms with Gasteiger partial charge in [-0.25, -0.2) is 0 Å². The zero-order valence-electron chi connectivity index (χ0n) is 12.8. The summed E-state index contributed by atoms with van der Waals surface area (Å²) in [6.07, 6.45) is 7.22. The Bertz CT molecular complexity index is 479. The van der Waals surface area contributed by atoms with Crippen molar-refractivity contribution < 1.29 is 4.79 Å². The van der Waals surface area contributed by atoms with E-state index in [4.69, 9.17) is 0 Å². The number of aryl methyl sites for hydroxylation is 1. The van der Waals surface area contributed by atoms with Crippen LogP contribution in [0.4, 0.5) is 5.69 Å². The number of anilines is 1. The maximum Gasteiger partial charge on any atom is 0.220 e. The molecule has 2 rings (SSSR count). The molecular formula is C17H25N3O. The van der Waals surface area contributed by atoms with E-state index < -0.39 is 0 Å². The Labute approximate surface area is 127 Å². The van der Waals surface area contributed by atoms with E-state index in [0.717, 1.165) is 44.6 Å². The van der Waals surface area contributed by atoms with Gasteiger partial charge in [-0.3, -0.25) is 9.78 Å². The first kappa shape index (κ1) is 15.5. The molecule has 1 fully saturated rings. The summed E-state index contributed by atoms with van der Waals surface area (Å²) in [6.45, 7) is 8.57. The van der Waals surface area contributed by atoms with E-state index in [1.165, 1.54) is 5.69 Å². The van der Waals surface area contributed by atoms with Crippen molar-refractivity contribution >= 4 is 11.6 Å². The van der Waals surface area contributed by atoms with Crippen LogP contribution in [0.3, 0.4) is 0 Å². The molecule has 114 valence electrons. The standard InChI is InChI=1S/C17H25N3O/c1-3-4-5-17(21)19-13-15-7-10-20(11-8-15)16-6-9-18-14(2)12-16/h3,6,9,12,15H,1,4-5,7-8,10-11,13H2,2H3,(H,19,21). The lowest BCUT2D eigenvalue weighted by Crippen LogP contribution is -2.38. The molecule has 4 nitrogen and oxygen atoms in total. The van der Waals surface area contributed by atoms with Crippen LogP contribution in [0.25, 0.3) is 0 Å². The molecule has 1 aliphatic heterocycles. The minimum Gasteiger partial charge on any atom is -0.371 e. The fourth-order valence-corrected chi connectivity index (χ4v) is 2.70. The summed E-state index contributed by atoms with van der Waals surface area (Å²) in [5.74, 6) is 0.735. The van der Waals surface area contributed by atoms with E-state index in [0.29, 0.717) is 12.3 Å². The minimum atomic E-state index is 0.141. The van der Waals surface area contributed by atoms with Crippen LogP contribution in [-0.2, 0) is 4.79 Å². The first-order chi connectivity index (χ1) is 10.2. The molecule has 0 unspecified atom stereocenters. The van der Waals surface area contributed by atoms with Gasteiger partial charge in [-0.2, -0.15) is 0 Å². The smallest absolute Gasteiger partial charge is 0.220 e. The van der Waals surface area contributed by atoms with E-state index in [9.17, 15) is 4.79 Å². The van der Waals surface area contributed by atoms with Crippen molar-refractivity contribution in [3.05, 3.63) is 36.7 Å². The number of nitrogens with one attached hydrogen (secondary N) is 1. The third-order valence-electron chi connectivity index (χ3n) is 4.02. The molecule has 1 amide bonds. The minimum absolute atomic E-state index is 0.141. The van der Waals surface area contributed by atoms with E-state index in [1.807, 2.05) is 13.1 Å². The molecule has 0 aliphatic carbocycles. The zero-order chi connectivity index (χ0) is 15.1. The van der Waals surface area contributed by atoms with Gasteiger partial charge in [0.15, 0.2) is 0 Å². The highest BCUT2D eigenvalue weighted by molar-refractivity contribution is 5.75. The summed E-state index contributed by atoms with van der Waals surface area (Å²) in [4.78, 5) is 18.2. The Balaban J connectivity index is 1.73. The summed E-state index contributed by atoms with van der Waals surface area (Å²) in [5.41, 5.74) is 2.32. The van der Waals surface area contributed by atoms with Gasteiger partial charge in [-0.15, -0.1) is 6.58 Å². The second kappa shape index (κ2) is 7.81. The maximum atomic E-state index is 11.6. The van der Waals surface area contributed by atoms with Gasteiger partial charge in [0.25, 0.3) is 0 Å². The highest BCUT2D eigenvalue weighted by Gasteiger charge is 2.19. The van der Waals surface area contributed by atoms with Crippen molar-refractivity contribution in [2.75, 3.05) is 24.5 Å². The van der Waals surface area contributed by atoms with Crippen molar-refractivity contribution in [2.24, 2.45) is 5.92 Å². The maximum absolute atomic E-state index is 11.6. The molecule has 0 aromatic carbocycles. The van der Waals surface area contributed by atoms with Gasteiger partial charge in [-0.05, 0) is 44.2 Å². The third kappa shape index (κ3) is 4.88. The van der Waals surface area contributed by atoms with Crippen LogP contribution >= 0.6 is 0 Å². The highest BCUT2D eigenvalue weighted by atomic mass is 16.1. The lowest BCUT2D eigenvalue weighted by molar-refractivity contribution is -0.121. The van der Waals surface area contributed by atoms with E-state index >= 15 is 0 Å². The molecule has 0 saturated carbocycles. The number of hydrogen-bond acceptors (Lipinski definition) is 3. The van der Waals surface area contributed by atoms with Crippen LogP contribution in [-0.4, -0.2) is 30.5 Å². The molecule has 1 saturated heterocycles. The quantitative estimate of drug-likeness (QED) is 0.818. The number of nitrogens with zero attached hydrogens (tertiary/aromatic N) is 2. The van der Waals surface area contributed by atoms with Crippen LogP contribution in [0.2, 0.25) is 0 Å². The van der Waals surface area contributed by atoms with E-state index in [1.54, 1.807) is 6.08 Å². The van der Waals surface area contributed by atoms with Gasteiger partial charge >= 0.3 is 0 Å². The fourth-order valence-electron chi connectivity index (χ4n) is 2.70. The van der Waals surface area contributed by atoms with Crippen LogP contribution in [0, 0.1) is 12.8 Å². The summed E-state index contributed by atoms with van der Waals surface area (Å²) >= 11 is 0. The fraction of sp³-hybridized carbons (Fsp3) is 0.529. The topological polar surface area (TPSA) is 45.2 Å². The van der Waals surface area contributed by atoms with Gasteiger partial charge in [0.2, 0.25) is 5.91 Å². The summed E-state index contributed by atoms with van der Waals surface area (Å²) in [7, 11) is 0. The molecule has 4 heteroatoms. The van der Waals surface area contributed by atoms with Crippen molar-refractivity contribution in [2.45, 2.75) is 32.6 Å². The molecule has 0 radical (unpaired) electrons. The average Bonchev–Trinajstić information content (AvgIpc) is 2.51. The Morgan fingerprint density at radius 3 is 2.95 bits per heavy atom. The third-order valence-corrected chi connectivity index (χ3v) is 4.02. The lowest BCUT2D eigenvalue weighted by atomic mass is 9.96. The zero-order valence-corrected chi connectivity index (χ0v) is 12.8. The molecule has 0 atom stereocenters. The predicted octanol–water partition coefficient (Wildman–Crippen LogP) is 2.69. The van der Waals surface area contributed by atoms with Crippen molar-refractivity contribution in [1.29, 1.82) is 0 Å². The Hall–Kier alpha value is -1.84. The van der Waals surface area contributed by atoms with Gasteiger partial charge < -0.3 is 10.2 Å². The van der Waals surface area contributed by atoms with Gasteiger partial charge in [0, 0.05) is 43.6 Å². The van der Waals surface area contributed by atoms with Gasteiger partial charge in [0.1, 0.15) is 0 Å². The normalized spacial score (nSPS) is 15.8. The predicted molar refractivity (Wildman–Crippen MR) is 86.4 cm³/mol. The van der Waals surface area contributed by atoms with Crippen LogP contribution in [0.1, 0.15) is 31.4 Å². The Kier molecular flexibility index (Phi) is 5.78. The Morgan fingerprint density at radius 2 is 2.29 bits per heavy atom. The number of rotatable bonds is 6. The number of carbonyl (C=O) groups excluding carboxylic acids is 1. The number of amides is 1. The molecule has 0 spiro atoms. The SMILES string of the molecule is C=CCCC(=O)NCC1CCN(c2ccnc(C)c2)CC1. The number of hydrogen-bond donors (Lipinski definition) is 1. The van der Waals surface area contributed by atoms with Crippen molar-refractivity contribution in [1.82, 2.24) is 10.3 Å². The molecule has 1 N–H and O–H groups in total. The summed E-state index contributed by atoms with van der Waals surface area (Å²) in [5, 5.41) is 3.04. The summed E-state index contributed by atoms with van der Waals surface area (Å²) < 4.78 is 0. The highest BCUT2D eigenvalue weighted by Crippen LogP contribution is 2.22. The largest absolute Gasteiger partial charge is 0.371 e. The number of piperidine rings is 1. The number of aromatic nitrogens is 1. The molecule has 1 aromatic rings. The van der Waals surface area contributed by atoms with Crippen molar-refractivity contribution in [3.63, 3.8) is 0 Å². The first-order valence-electron chi connectivity index (χ1n) is 7.74.